The predicted octanol–water partition coefficient (Wildman–Crippen LogP) is 4.07. The Bertz CT molecular complexity index is 1280. The molecule has 5 N–H and O–H groups in total. The van der Waals surface area contributed by atoms with E-state index in [2.05, 4.69) is 46.0 Å². The van der Waals surface area contributed by atoms with Crippen molar-refractivity contribution in [3.63, 3.8) is 0 Å². The Kier molecular flexibility index (Phi) is 6.05. The van der Waals surface area contributed by atoms with Gasteiger partial charge in [0.1, 0.15) is 0 Å². The molecule has 4 rings (SSSR count). The number of nitrogens with two attached hydrogens (primary N) is 2. The normalized spacial score (nSPS) is 11.0. The molecule has 0 aliphatic rings. The van der Waals surface area contributed by atoms with E-state index in [0.717, 1.165) is 9.79 Å². The van der Waals surface area contributed by atoms with E-state index in [-0.39, 0.29) is 11.7 Å². The molecule has 0 unspecified atom stereocenters. The van der Waals surface area contributed by atoms with Gasteiger partial charge in [-0.2, -0.15) is 0 Å². The first-order valence-electron chi connectivity index (χ1n) is 9.55. The SMILES string of the molecule is NN=NC(=[NH2+])c1ccccc1NC(=O)c1ccc(Sc2ccc3ccccc3c2)cc1. The summed E-state index contributed by atoms with van der Waals surface area (Å²) in [6.07, 6.45) is 0. The highest BCUT2D eigenvalue weighted by Gasteiger charge is 2.16. The molecule has 0 aliphatic heterocycles. The number of carbonyl (C=O) groups excluding carboxylic acids is 1. The van der Waals surface area contributed by atoms with Gasteiger partial charge in [-0.3, -0.25) is 16.0 Å². The molecule has 0 atom stereocenters. The third-order valence-corrected chi connectivity index (χ3v) is 5.69. The van der Waals surface area contributed by atoms with E-state index in [9.17, 15) is 4.79 Å². The maximum atomic E-state index is 12.7. The van der Waals surface area contributed by atoms with E-state index in [1.54, 1.807) is 48.2 Å². The van der Waals surface area contributed by atoms with E-state index in [0.29, 0.717) is 16.8 Å². The zero-order valence-corrected chi connectivity index (χ0v) is 17.3. The number of anilines is 1. The van der Waals surface area contributed by atoms with Crippen molar-refractivity contribution in [2.24, 2.45) is 16.2 Å². The minimum absolute atomic E-state index is 0.125. The van der Waals surface area contributed by atoms with Crippen molar-refractivity contribution in [1.29, 1.82) is 0 Å². The molecule has 4 aromatic rings. The second kappa shape index (κ2) is 9.23. The smallest absolute Gasteiger partial charge is 0.321 e. The van der Waals surface area contributed by atoms with Gasteiger partial charge >= 0.3 is 5.84 Å². The molecule has 6 nitrogen and oxygen atoms in total. The van der Waals surface area contributed by atoms with Crippen molar-refractivity contribution < 1.29 is 10.2 Å². The number of benzene rings is 4. The van der Waals surface area contributed by atoms with Crippen LogP contribution in [0.5, 0.6) is 0 Å². The lowest BCUT2D eigenvalue weighted by Crippen LogP contribution is -2.39. The highest BCUT2D eigenvalue weighted by atomic mass is 32.2. The van der Waals surface area contributed by atoms with Gasteiger partial charge in [-0.05, 0) is 59.3 Å². The Balaban J connectivity index is 1.48. The number of para-hydroxylation sites is 1. The van der Waals surface area contributed by atoms with E-state index < -0.39 is 0 Å². The predicted molar refractivity (Wildman–Crippen MR) is 124 cm³/mol. The highest BCUT2D eigenvalue weighted by Crippen LogP contribution is 2.30. The van der Waals surface area contributed by atoms with Gasteiger partial charge in [0.25, 0.3) is 5.91 Å². The third kappa shape index (κ3) is 4.79. The van der Waals surface area contributed by atoms with Crippen molar-refractivity contribution in [2.45, 2.75) is 9.79 Å². The molecular formula is C24H20N5OS+. The topological polar surface area (TPSA) is 105 Å². The molecule has 4 aromatic carbocycles. The van der Waals surface area contributed by atoms with Gasteiger partial charge < -0.3 is 5.32 Å². The summed E-state index contributed by atoms with van der Waals surface area (Å²) in [5, 5.41) is 18.0. The second-order valence-electron chi connectivity index (χ2n) is 6.74. The molecule has 0 bridgehead atoms. The Morgan fingerprint density at radius 1 is 0.839 bits per heavy atom. The molecule has 0 saturated heterocycles. The lowest BCUT2D eigenvalue weighted by molar-refractivity contribution is -0.114. The molecule has 0 aliphatic carbocycles. The van der Waals surface area contributed by atoms with Crippen LogP contribution in [0.1, 0.15) is 15.9 Å². The van der Waals surface area contributed by atoms with Gasteiger partial charge in [0, 0.05) is 20.6 Å². The van der Waals surface area contributed by atoms with Crippen LogP contribution in [-0.2, 0) is 0 Å². The van der Waals surface area contributed by atoms with Gasteiger partial charge in [0.15, 0.2) is 0 Å². The van der Waals surface area contributed by atoms with Crippen LogP contribution in [-0.4, -0.2) is 11.7 Å². The van der Waals surface area contributed by atoms with Crippen molar-refractivity contribution in [3.05, 3.63) is 102 Å². The van der Waals surface area contributed by atoms with Gasteiger partial charge in [0.05, 0.1) is 16.4 Å². The number of amides is 1. The van der Waals surface area contributed by atoms with Crippen molar-refractivity contribution in [2.75, 3.05) is 5.32 Å². The summed E-state index contributed by atoms with van der Waals surface area (Å²) in [5.74, 6) is 4.96. The van der Waals surface area contributed by atoms with E-state index in [1.165, 1.54) is 10.8 Å². The highest BCUT2D eigenvalue weighted by molar-refractivity contribution is 7.99. The van der Waals surface area contributed by atoms with Crippen molar-refractivity contribution in [1.82, 2.24) is 0 Å². The number of hydrogen-bond donors (Lipinski definition) is 3. The van der Waals surface area contributed by atoms with Crippen LogP contribution in [0.25, 0.3) is 10.8 Å². The average molecular weight is 427 g/mol. The Hall–Kier alpha value is -3.97. The Morgan fingerprint density at radius 2 is 1.52 bits per heavy atom. The number of fused-ring (bicyclic) bond motifs is 1. The fourth-order valence-electron chi connectivity index (χ4n) is 3.17. The molecule has 1 amide bonds. The lowest BCUT2D eigenvalue weighted by atomic mass is 10.1. The van der Waals surface area contributed by atoms with Crippen LogP contribution in [0.3, 0.4) is 0 Å². The van der Waals surface area contributed by atoms with Gasteiger partial charge in [-0.25, -0.2) is 0 Å². The summed E-state index contributed by atoms with van der Waals surface area (Å²) < 4.78 is 0. The number of nitrogens with one attached hydrogen (secondary N) is 1. The van der Waals surface area contributed by atoms with Crippen LogP contribution in [0.2, 0.25) is 0 Å². The first-order valence-corrected chi connectivity index (χ1v) is 10.4. The molecule has 0 fully saturated rings. The van der Waals surface area contributed by atoms with Gasteiger partial charge in [-0.1, -0.05) is 54.2 Å². The van der Waals surface area contributed by atoms with E-state index in [1.807, 2.05) is 24.3 Å². The quantitative estimate of drug-likeness (QED) is 0.147. The molecule has 0 aromatic heterocycles. The summed E-state index contributed by atoms with van der Waals surface area (Å²) in [6, 6.07) is 29.2. The first-order chi connectivity index (χ1) is 15.1. The summed E-state index contributed by atoms with van der Waals surface area (Å²) in [6.45, 7) is 0. The maximum Gasteiger partial charge on any atom is 0.353 e. The zero-order chi connectivity index (χ0) is 21.6. The summed E-state index contributed by atoms with van der Waals surface area (Å²) in [4.78, 5) is 14.9. The molecule has 31 heavy (non-hydrogen) atoms. The largest absolute Gasteiger partial charge is 0.353 e. The molecular weight excluding hydrogens is 406 g/mol. The lowest BCUT2D eigenvalue weighted by Gasteiger charge is -2.08. The van der Waals surface area contributed by atoms with Crippen LogP contribution in [0.4, 0.5) is 5.69 Å². The number of rotatable bonds is 5. The monoisotopic (exact) mass is 426 g/mol. The molecule has 7 heteroatoms. The number of carbonyl (C=O) groups is 1. The van der Waals surface area contributed by atoms with Crippen molar-refractivity contribution in [3.8, 4) is 0 Å². The molecule has 0 radical (unpaired) electrons. The van der Waals surface area contributed by atoms with Crippen LogP contribution in [0.15, 0.2) is 111 Å². The molecule has 0 saturated carbocycles. The van der Waals surface area contributed by atoms with Gasteiger partial charge in [-0.15, -0.1) is 0 Å². The Morgan fingerprint density at radius 3 is 2.29 bits per heavy atom. The van der Waals surface area contributed by atoms with Gasteiger partial charge in [0.2, 0.25) is 0 Å². The summed E-state index contributed by atoms with van der Waals surface area (Å²) in [5.41, 5.74) is 1.62. The molecule has 0 spiro atoms. The first kappa shape index (κ1) is 20.3. The van der Waals surface area contributed by atoms with Crippen LogP contribution in [0, 0.1) is 0 Å². The van der Waals surface area contributed by atoms with E-state index >= 15 is 0 Å². The summed E-state index contributed by atoms with van der Waals surface area (Å²) >= 11 is 1.65. The maximum absolute atomic E-state index is 12.7. The van der Waals surface area contributed by atoms with Crippen molar-refractivity contribution >= 4 is 40.0 Å². The Labute approximate surface area is 183 Å². The third-order valence-electron chi connectivity index (χ3n) is 4.69. The fourth-order valence-corrected chi connectivity index (χ4v) is 4.03. The number of hydrogen-bond acceptors (Lipinski definition) is 3. The molecule has 0 heterocycles. The van der Waals surface area contributed by atoms with E-state index in [4.69, 9.17) is 11.3 Å². The number of amidine groups is 1. The number of nitrogens with zero attached hydrogens (tertiary/aromatic N) is 2. The minimum Gasteiger partial charge on any atom is -0.321 e. The molecule has 152 valence electrons. The average Bonchev–Trinajstić information content (AvgIpc) is 2.80. The second-order valence-corrected chi connectivity index (χ2v) is 7.88. The fraction of sp³-hybridized carbons (Fsp3) is 0. The van der Waals surface area contributed by atoms with Crippen LogP contribution < -0.4 is 16.6 Å². The standard InChI is InChI=1S/C24H19N5OS/c25-23(28-29-26)21-7-3-4-8-22(21)27-24(30)17-10-12-19(13-11-17)31-20-14-9-16-5-1-2-6-18(16)15-20/h1-15H,(H,27,30)(H3,25,26,28)/p+1. The minimum atomic E-state index is -0.243. The summed E-state index contributed by atoms with van der Waals surface area (Å²) in [7, 11) is 0. The zero-order valence-electron chi connectivity index (χ0n) is 16.5. The van der Waals surface area contributed by atoms with Crippen LogP contribution >= 0.6 is 11.8 Å².